The van der Waals surface area contributed by atoms with Crippen molar-refractivity contribution in [2.45, 2.75) is 20.8 Å². The molecule has 0 bridgehead atoms. The van der Waals surface area contributed by atoms with E-state index in [4.69, 9.17) is 9.47 Å². The second-order valence-electron chi connectivity index (χ2n) is 5.04. The average molecular weight is 288 g/mol. The molecule has 0 aliphatic heterocycles. The topological polar surface area (TPSA) is 18.5 Å². The Morgan fingerprint density at radius 1 is 0.700 bits per heavy atom. The first-order valence-corrected chi connectivity index (χ1v) is 7.15. The molecule has 0 fully saturated rings. The predicted octanol–water partition coefficient (Wildman–Crippen LogP) is 3.80. The van der Waals surface area contributed by atoms with E-state index >= 15 is 0 Å². The van der Waals surface area contributed by atoms with Crippen LogP contribution in [0.4, 0.5) is 0 Å². The van der Waals surface area contributed by atoms with Crippen LogP contribution in [0.2, 0.25) is 0 Å². The van der Waals surface area contributed by atoms with Gasteiger partial charge in [0.05, 0.1) is 14.2 Å². The number of rotatable bonds is 3. The van der Waals surface area contributed by atoms with E-state index in [2.05, 4.69) is 54.3 Å². The van der Waals surface area contributed by atoms with Crippen LogP contribution in [-0.4, -0.2) is 14.2 Å². The second-order valence-corrected chi connectivity index (χ2v) is 5.67. The van der Waals surface area contributed by atoms with E-state index in [0.717, 1.165) is 16.8 Å². The van der Waals surface area contributed by atoms with Gasteiger partial charge in [0.15, 0.2) is 0 Å². The Balaban J connectivity index is 2.69. The van der Waals surface area contributed by atoms with Crippen LogP contribution in [-0.2, 0) is 0 Å². The fourth-order valence-corrected chi connectivity index (χ4v) is 3.21. The van der Waals surface area contributed by atoms with E-state index in [1.54, 1.807) is 14.2 Å². The number of hydrogen-bond acceptors (Lipinski definition) is 2. The zero-order chi connectivity index (χ0) is 14.9. The molecule has 0 aromatic heterocycles. The molecule has 2 rings (SSSR count). The first-order chi connectivity index (χ1) is 9.47. The highest BCUT2D eigenvalue weighted by atomic mass is 31.0. The summed E-state index contributed by atoms with van der Waals surface area (Å²) in [5.41, 5.74) is 6.19. The van der Waals surface area contributed by atoms with E-state index in [-0.39, 0.29) is 0 Å². The molecule has 0 saturated carbocycles. The summed E-state index contributed by atoms with van der Waals surface area (Å²) in [5.74, 6) is 1.79. The van der Waals surface area contributed by atoms with Gasteiger partial charge in [0.2, 0.25) is 0 Å². The van der Waals surface area contributed by atoms with E-state index in [9.17, 15) is 0 Å². The number of methoxy groups -OCH3 is 2. The maximum Gasteiger partial charge on any atom is 0.119 e. The maximum atomic E-state index is 5.34. The monoisotopic (exact) mass is 288 g/mol. The molecule has 1 unspecified atom stereocenters. The van der Waals surface area contributed by atoms with Crippen molar-refractivity contribution in [3.63, 3.8) is 0 Å². The van der Waals surface area contributed by atoms with Crippen molar-refractivity contribution in [3.8, 4) is 22.6 Å². The Bertz CT molecular complexity index is 544. The summed E-state index contributed by atoms with van der Waals surface area (Å²) < 4.78 is 10.7. The minimum absolute atomic E-state index is 0.889. The largest absolute Gasteiger partial charge is 0.497 e. The van der Waals surface area contributed by atoms with Gasteiger partial charge in [-0.05, 0) is 78.2 Å². The summed E-state index contributed by atoms with van der Waals surface area (Å²) >= 11 is 0. The van der Waals surface area contributed by atoms with Crippen molar-refractivity contribution in [3.05, 3.63) is 41.0 Å². The number of hydrogen-bond donors (Lipinski definition) is 0. The maximum absolute atomic E-state index is 5.34. The van der Waals surface area contributed by atoms with Crippen LogP contribution in [0.25, 0.3) is 11.1 Å². The molecule has 0 heterocycles. The summed E-state index contributed by atoms with van der Waals surface area (Å²) in [6, 6.07) is 8.29. The molecule has 0 aliphatic carbocycles. The number of benzene rings is 2. The van der Waals surface area contributed by atoms with Crippen LogP contribution >= 0.6 is 9.24 Å². The lowest BCUT2D eigenvalue weighted by molar-refractivity contribution is 0.414. The molecule has 2 aromatic rings. The summed E-state index contributed by atoms with van der Waals surface area (Å²) in [5, 5.41) is 1.15. The van der Waals surface area contributed by atoms with E-state index in [0.29, 0.717) is 0 Å². The second kappa shape index (κ2) is 5.85. The Morgan fingerprint density at radius 3 is 1.50 bits per heavy atom. The fraction of sp³-hybridized carbons (Fsp3) is 0.294. The van der Waals surface area contributed by atoms with Crippen LogP contribution in [0, 0.1) is 20.8 Å². The van der Waals surface area contributed by atoms with E-state index in [1.165, 1.54) is 27.8 Å². The summed E-state index contributed by atoms with van der Waals surface area (Å²) in [6.45, 7) is 6.37. The highest BCUT2D eigenvalue weighted by molar-refractivity contribution is 7.28. The molecule has 0 amide bonds. The van der Waals surface area contributed by atoms with Crippen molar-refractivity contribution in [2.75, 3.05) is 14.2 Å². The third-order valence-electron chi connectivity index (χ3n) is 3.57. The van der Waals surface area contributed by atoms with Gasteiger partial charge in [-0.15, -0.1) is 9.24 Å². The van der Waals surface area contributed by atoms with Gasteiger partial charge in [0.1, 0.15) is 11.5 Å². The molecular weight excluding hydrogens is 267 g/mol. The highest BCUT2D eigenvalue weighted by Gasteiger charge is 2.14. The zero-order valence-electron chi connectivity index (χ0n) is 12.7. The van der Waals surface area contributed by atoms with Gasteiger partial charge >= 0.3 is 0 Å². The minimum atomic E-state index is 0.889. The van der Waals surface area contributed by atoms with Gasteiger partial charge in [-0.1, -0.05) is 0 Å². The lowest BCUT2D eigenvalue weighted by atomic mass is 9.92. The van der Waals surface area contributed by atoms with Gasteiger partial charge in [-0.25, -0.2) is 0 Å². The molecule has 0 saturated heterocycles. The van der Waals surface area contributed by atoms with Crippen LogP contribution < -0.4 is 14.8 Å². The molecule has 20 heavy (non-hydrogen) atoms. The van der Waals surface area contributed by atoms with Crippen molar-refractivity contribution < 1.29 is 9.47 Å². The predicted molar refractivity (Wildman–Crippen MR) is 88.5 cm³/mol. The van der Waals surface area contributed by atoms with Crippen molar-refractivity contribution in [1.29, 1.82) is 0 Å². The van der Waals surface area contributed by atoms with Gasteiger partial charge in [-0.3, -0.25) is 0 Å². The molecule has 106 valence electrons. The quantitative estimate of drug-likeness (QED) is 0.800. The van der Waals surface area contributed by atoms with Crippen molar-refractivity contribution >= 4 is 14.5 Å². The molecule has 2 aromatic carbocycles. The number of ether oxygens (including phenoxy) is 2. The molecule has 0 spiro atoms. The SMILES string of the molecule is COc1cc(C)c(-c2c(C)cc(OC)cc2P)c(C)c1. The van der Waals surface area contributed by atoms with Crippen LogP contribution in [0.3, 0.4) is 0 Å². The Labute approximate surface area is 123 Å². The van der Waals surface area contributed by atoms with Crippen molar-refractivity contribution in [1.82, 2.24) is 0 Å². The molecule has 0 N–H and O–H groups in total. The summed E-state index contributed by atoms with van der Waals surface area (Å²) in [7, 11) is 6.21. The Morgan fingerprint density at radius 2 is 1.10 bits per heavy atom. The normalized spacial score (nSPS) is 10.5. The lowest BCUT2D eigenvalue weighted by Crippen LogP contribution is -2.04. The van der Waals surface area contributed by atoms with Gasteiger partial charge in [0, 0.05) is 0 Å². The van der Waals surface area contributed by atoms with Crippen LogP contribution in [0.5, 0.6) is 11.5 Å². The smallest absolute Gasteiger partial charge is 0.119 e. The summed E-state index contributed by atoms with van der Waals surface area (Å²) in [4.78, 5) is 0. The lowest BCUT2D eigenvalue weighted by Gasteiger charge is -2.17. The summed E-state index contributed by atoms with van der Waals surface area (Å²) in [6.07, 6.45) is 0. The Kier molecular flexibility index (Phi) is 4.35. The fourth-order valence-electron chi connectivity index (χ4n) is 2.68. The standard InChI is InChI=1S/C17H21O2P/c1-10-6-13(18-4)7-11(2)16(10)17-12(3)8-14(19-5)9-15(17)20/h6-9H,20H2,1-5H3. The molecule has 2 nitrogen and oxygen atoms in total. The number of aryl methyl sites for hydroxylation is 3. The minimum Gasteiger partial charge on any atom is -0.497 e. The van der Waals surface area contributed by atoms with E-state index < -0.39 is 0 Å². The third kappa shape index (κ3) is 2.66. The Hall–Kier alpha value is -1.53. The van der Waals surface area contributed by atoms with Crippen molar-refractivity contribution in [2.24, 2.45) is 0 Å². The molecule has 3 heteroatoms. The van der Waals surface area contributed by atoms with Crippen LogP contribution in [0.1, 0.15) is 16.7 Å². The van der Waals surface area contributed by atoms with Gasteiger partial charge < -0.3 is 9.47 Å². The zero-order valence-corrected chi connectivity index (χ0v) is 13.9. The first kappa shape index (κ1) is 14.9. The third-order valence-corrected chi connectivity index (χ3v) is 4.02. The van der Waals surface area contributed by atoms with Gasteiger partial charge in [0.25, 0.3) is 0 Å². The first-order valence-electron chi connectivity index (χ1n) is 6.57. The molecule has 0 radical (unpaired) electrons. The van der Waals surface area contributed by atoms with Crippen LogP contribution in [0.15, 0.2) is 24.3 Å². The molecule has 0 aliphatic rings. The van der Waals surface area contributed by atoms with E-state index in [1.807, 2.05) is 0 Å². The highest BCUT2D eigenvalue weighted by Crippen LogP contribution is 2.34. The molecular formula is C17H21O2P. The average Bonchev–Trinajstić information content (AvgIpc) is 2.40. The van der Waals surface area contributed by atoms with Gasteiger partial charge in [-0.2, -0.15) is 0 Å². The molecule has 1 atom stereocenters.